The fraction of sp³-hybridized carbons (Fsp3) is 0.446. The van der Waals surface area contributed by atoms with E-state index in [4.69, 9.17) is 30.5 Å². The van der Waals surface area contributed by atoms with Gasteiger partial charge >= 0.3 is 17.9 Å². The Bertz CT molecular complexity index is 3680. The molecule has 6 aromatic rings. The van der Waals surface area contributed by atoms with Gasteiger partial charge in [0.15, 0.2) is 12.6 Å². The van der Waals surface area contributed by atoms with E-state index in [1.165, 1.54) is 86.2 Å². The first-order valence-corrected chi connectivity index (χ1v) is 33.2. The summed E-state index contributed by atoms with van der Waals surface area (Å²) in [6.07, 6.45) is 14.1. The van der Waals surface area contributed by atoms with Crippen LogP contribution in [-0.4, -0.2) is 106 Å². The van der Waals surface area contributed by atoms with E-state index >= 15 is 0 Å². The van der Waals surface area contributed by atoms with Crippen molar-refractivity contribution in [3.05, 3.63) is 148 Å². The molecule has 23 heteroatoms. The highest BCUT2D eigenvalue weighted by Gasteiger charge is 2.36. The molecule has 0 unspecified atom stereocenters. The highest BCUT2D eigenvalue weighted by Crippen LogP contribution is 2.40. The van der Waals surface area contributed by atoms with Crippen molar-refractivity contribution >= 4 is 76.9 Å². The third-order valence-electron chi connectivity index (χ3n) is 17.4. The van der Waals surface area contributed by atoms with E-state index in [1.807, 2.05) is 41.5 Å². The molecule has 97 heavy (non-hydrogen) atoms. The van der Waals surface area contributed by atoms with E-state index in [2.05, 4.69) is 35.7 Å². The summed E-state index contributed by atoms with van der Waals surface area (Å²) in [6.45, 7) is 18.0. The lowest BCUT2D eigenvalue weighted by Gasteiger charge is -2.34. The molecule has 3 aliphatic rings. The summed E-state index contributed by atoms with van der Waals surface area (Å²) in [5.41, 5.74) is 1.88. The molecule has 0 bridgehead atoms. The van der Waals surface area contributed by atoms with Gasteiger partial charge in [0.05, 0.1) is 64.7 Å². The number of benzene rings is 3. The van der Waals surface area contributed by atoms with Crippen molar-refractivity contribution in [1.29, 1.82) is 0 Å². The van der Waals surface area contributed by atoms with E-state index < -0.39 is 24.3 Å². The molecule has 3 amide bonds. The van der Waals surface area contributed by atoms with Crippen molar-refractivity contribution in [1.82, 2.24) is 15.0 Å². The van der Waals surface area contributed by atoms with Gasteiger partial charge in [0.1, 0.15) is 22.4 Å². The summed E-state index contributed by atoms with van der Waals surface area (Å²) in [7, 11) is 2.59. The number of aldehydes is 2. The highest BCUT2D eigenvalue weighted by molar-refractivity contribution is 6.31. The van der Waals surface area contributed by atoms with E-state index in [0.29, 0.717) is 58.6 Å². The lowest BCUT2D eigenvalue weighted by atomic mass is 9.82. The summed E-state index contributed by atoms with van der Waals surface area (Å²) in [5, 5.41) is 19.8. The number of aromatic nitrogens is 3. The van der Waals surface area contributed by atoms with Crippen LogP contribution in [0.3, 0.4) is 0 Å². The van der Waals surface area contributed by atoms with E-state index in [-0.39, 0.29) is 110 Å². The molecule has 20 nitrogen and oxygen atoms in total. The Morgan fingerprint density at radius 3 is 1.25 bits per heavy atom. The van der Waals surface area contributed by atoms with Crippen molar-refractivity contribution < 1.29 is 76.3 Å². The molecule has 0 aliphatic heterocycles. The first-order chi connectivity index (χ1) is 46.2. The summed E-state index contributed by atoms with van der Waals surface area (Å²) in [6, 6.07) is 22.1. The first kappa shape index (κ1) is 76.8. The average molecular weight is 1360 g/mol. The molecule has 0 radical (unpaired) electrons. The SMILES string of the molecule is CC1CCC(C(=O)N(c2ccc(Oc3ncccc3C(F)F)cc2C(=O)O)C(C)C)CC1.COC(=O)c1cc(O)ccc1N(C(=O)C1CCC(C)CC1)C(C)C.COC(=O)c1cc(Oc2ncccc2C=O)ccc1N(C(=O)C1CCC(C)CC1)C(C)C.O=Cc1cccnc1Cl. The topological polar surface area (TPSA) is 262 Å². The number of carbonyl (C=O) groups excluding carboxylic acids is 7. The fourth-order valence-electron chi connectivity index (χ4n) is 12.0. The zero-order chi connectivity index (χ0) is 71.2. The molecule has 0 saturated heterocycles. The van der Waals surface area contributed by atoms with Crippen LogP contribution < -0.4 is 24.2 Å². The Kier molecular flexibility index (Phi) is 29.1. The Morgan fingerprint density at radius 2 is 0.866 bits per heavy atom. The smallest absolute Gasteiger partial charge is 0.340 e. The maximum Gasteiger partial charge on any atom is 0.340 e. The summed E-state index contributed by atoms with van der Waals surface area (Å²) < 4.78 is 47.5. The largest absolute Gasteiger partial charge is 0.508 e. The number of phenolic OH excluding ortho intramolecular Hbond substituents is 1. The number of phenols is 1. The number of pyridine rings is 3. The van der Waals surface area contributed by atoms with Gasteiger partial charge in [-0.15, -0.1) is 0 Å². The predicted octanol–water partition coefficient (Wildman–Crippen LogP) is 16.4. The van der Waals surface area contributed by atoms with Gasteiger partial charge in [0.2, 0.25) is 29.5 Å². The molecule has 0 atom stereocenters. The maximum absolute atomic E-state index is 13.5. The predicted molar refractivity (Wildman–Crippen MR) is 365 cm³/mol. The monoisotopic (exact) mass is 1360 g/mol. The van der Waals surface area contributed by atoms with Crippen molar-refractivity contribution in [3.63, 3.8) is 0 Å². The van der Waals surface area contributed by atoms with Crippen LogP contribution in [0.5, 0.6) is 29.0 Å². The quantitative estimate of drug-likeness (QED) is 0.0434. The van der Waals surface area contributed by atoms with Gasteiger partial charge in [-0.05, 0) is 227 Å². The lowest BCUT2D eigenvalue weighted by Crippen LogP contribution is -2.43. The van der Waals surface area contributed by atoms with E-state index in [9.17, 15) is 57.4 Å². The third kappa shape index (κ3) is 20.9. The van der Waals surface area contributed by atoms with Gasteiger partial charge in [-0.2, -0.15) is 0 Å². The maximum atomic E-state index is 13.5. The van der Waals surface area contributed by atoms with Crippen molar-refractivity contribution in [2.24, 2.45) is 35.5 Å². The normalized spacial score (nSPS) is 18.1. The van der Waals surface area contributed by atoms with Crippen molar-refractivity contribution in [2.75, 3.05) is 28.9 Å². The van der Waals surface area contributed by atoms with Crippen molar-refractivity contribution in [3.8, 4) is 29.0 Å². The molecule has 3 aliphatic carbocycles. The molecule has 2 N–H and O–H groups in total. The van der Waals surface area contributed by atoms with Gasteiger partial charge in [-0.3, -0.25) is 24.0 Å². The second kappa shape index (κ2) is 36.8. The first-order valence-electron chi connectivity index (χ1n) is 32.8. The summed E-state index contributed by atoms with van der Waals surface area (Å²) >= 11 is 5.48. The number of nitrogens with zero attached hydrogens (tertiary/aromatic N) is 6. The number of amides is 3. The minimum absolute atomic E-state index is 0.0112. The van der Waals surface area contributed by atoms with Crippen LogP contribution in [0.2, 0.25) is 5.15 Å². The number of esters is 2. The lowest BCUT2D eigenvalue weighted by molar-refractivity contribution is -0.124. The number of aromatic carboxylic acids is 1. The standard InChI is InChI=1S/C25H30N2O5.C24H28F2N2O4.C19H27NO4.C6H4ClNO/c1-16(2)27(24(29)18-9-7-17(3)8-10-18)22-12-11-20(14-21(22)25(30)31-4)32-23-19(15-28)6-5-13-26-23;1-14(2)28(23(29)16-8-6-15(3)7-9-16)20-11-10-17(13-19(20)24(30)31)32-22-18(21(25)26)5-4-12-27-22;1-12(2)20(18(22)14-7-5-13(3)6-8-14)17-10-9-15(21)11-16(17)19(23)24-4;7-6-5(4-9)2-1-3-8-6/h5-6,11-18H,7-10H2,1-4H3;4-5,10-16,21H,6-9H2,1-3H3,(H,30,31);9-14,21H,5-8H2,1-4H3;1-4H. The van der Waals surface area contributed by atoms with Gasteiger partial charge in [-0.25, -0.2) is 38.1 Å². The van der Waals surface area contributed by atoms with Crippen LogP contribution >= 0.6 is 11.6 Å². The van der Waals surface area contributed by atoms with Crippen LogP contribution in [0.25, 0.3) is 0 Å². The zero-order valence-electron chi connectivity index (χ0n) is 56.9. The number of hydrogen-bond acceptors (Lipinski definition) is 16. The van der Waals surface area contributed by atoms with Crippen LogP contribution in [0.1, 0.15) is 203 Å². The number of aromatic hydroxyl groups is 1. The number of rotatable bonds is 19. The second-order valence-corrected chi connectivity index (χ2v) is 25.9. The Morgan fingerprint density at radius 1 is 0.505 bits per heavy atom. The Hall–Kier alpha value is -9.18. The van der Waals surface area contributed by atoms with E-state index in [0.717, 1.165) is 77.0 Å². The Labute approximate surface area is 571 Å². The summed E-state index contributed by atoms with van der Waals surface area (Å²) in [4.78, 5) is 115. The molecular weight excluding hydrogens is 1270 g/mol. The number of methoxy groups -OCH3 is 2. The van der Waals surface area contributed by atoms with Gasteiger partial charge < -0.3 is 43.9 Å². The minimum atomic E-state index is -2.79. The summed E-state index contributed by atoms with van der Waals surface area (Å²) in [5.74, 6) is -0.520. The van der Waals surface area contributed by atoms with E-state index in [1.54, 1.807) is 52.3 Å². The zero-order valence-corrected chi connectivity index (χ0v) is 57.7. The highest BCUT2D eigenvalue weighted by atomic mass is 35.5. The molecule has 3 fully saturated rings. The molecule has 3 saturated carbocycles. The van der Waals surface area contributed by atoms with Crippen LogP contribution in [-0.2, 0) is 23.9 Å². The number of ether oxygens (including phenoxy) is 4. The minimum Gasteiger partial charge on any atom is -0.508 e. The van der Waals surface area contributed by atoms with Gasteiger partial charge in [0, 0.05) is 54.5 Å². The molecule has 0 spiro atoms. The number of carboxylic acid groups (broad SMARTS) is 1. The second-order valence-electron chi connectivity index (χ2n) is 25.5. The molecule has 3 heterocycles. The Balaban J connectivity index is 0.000000217. The van der Waals surface area contributed by atoms with Gasteiger partial charge in [0.25, 0.3) is 6.43 Å². The van der Waals surface area contributed by atoms with Crippen LogP contribution in [0, 0.1) is 35.5 Å². The number of carboxylic acids is 1. The molecule has 9 rings (SSSR count). The number of hydrogen-bond donors (Lipinski definition) is 2. The average Bonchev–Trinajstić information content (AvgIpc) is 0.822. The van der Waals surface area contributed by atoms with Gasteiger partial charge in [-0.1, -0.05) is 32.4 Å². The van der Waals surface area contributed by atoms with Crippen LogP contribution in [0.4, 0.5) is 25.8 Å². The number of anilines is 3. The molecular formula is C74H89ClF2N6O14. The molecule has 520 valence electrons. The fourth-order valence-corrected chi connectivity index (χ4v) is 12.2. The number of halogens is 3. The third-order valence-corrected chi connectivity index (χ3v) is 17.7. The van der Waals surface area contributed by atoms with Crippen molar-refractivity contribution in [2.45, 2.75) is 164 Å². The van der Waals surface area contributed by atoms with Crippen LogP contribution in [0.15, 0.2) is 110 Å². The number of alkyl halides is 2. The molecule has 3 aromatic heterocycles. The molecule has 3 aromatic carbocycles. The number of carbonyl (C=O) groups is 8.